The number of carbonyl (C=O) groups is 4. The molecule has 3 aromatic rings. The summed E-state index contributed by atoms with van der Waals surface area (Å²) in [7, 11) is 0. The fourth-order valence-electron chi connectivity index (χ4n) is 4.56. The summed E-state index contributed by atoms with van der Waals surface area (Å²) in [6.07, 6.45) is 0.736. The van der Waals surface area contributed by atoms with E-state index in [0.717, 1.165) is 6.07 Å². The fourth-order valence-corrected chi connectivity index (χ4v) is 4.56. The van der Waals surface area contributed by atoms with Crippen molar-refractivity contribution >= 4 is 46.2 Å². The monoisotopic (exact) mass is 582 g/mol. The molecule has 0 saturated carbocycles. The van der Waals surface area contributed by atoms with E-state index in [-0.39, 0.29) is 43.9 Å². The van der Waals surface area contributed by atoms with Crippen molar-refractivity contribution in [3.8, 4) is 0 Å². The molecule has 42 heavy (non-hydrogen) atoms. The van der Waals surface area contributed by atoms with Gasteiger partial charge in [-0.15, -0.1) is 0 Å². The lowest BCUT2D eigenvalue weighted by Gasteiger charge is -2.35. The number of fused-ring (bicyclic) bond motifs is 1. The molecule has 0 atom stereocenters. The zero-order valence-corrected chi connectivity index (χ0v) is 22.9. The smallest absolute Gasteiger partial charge is 0.410 e. The Hall–Kier alpha value is -4.98. The zero-order valence-electron chi connectivity index (χ0n) is 22.9. The van der Waals surface area contributed by atoms with Crippen LogP contribution in [0.25, 0.3) is 10.9 Å². The third-order valence-corrected chi connectivity index (χ3v) is 6.83. The van der Waals surface area contributed by atoms with Crippen molar-refractivity contribution in [2.45, 2.75) is 20.1 Å². The summed E-state index contributed by atoms with van der Waals surface area (Å²) in [5.74, 6) is -2.87. The van der Waals surface area contributed by atoms with Crippen LogP contribution in [-0.4, -0.2) is 77.7 Å². The molecule has 0 radical (unpaired) electrons. The summed E-state index contributed by atoms with van der Waals surface area (Å²) in [6, 6.07) is 9.28. The number of hydrogen-bond acceptors (Lipinski definition) is 8. The summed E-state index contributed by atoms with van der Waals surface area (Å²) in [5.41, 5.74) is 5.90. The van der Waals surface area contributed by atoms with Gasteiger partial charge < -0.3 is 40.6 Å². The summed E-state index contributed by atoms with van der Waals surface area (Å²) >= 11 is 0. The predicted molar refractivity (Wildman–Crippen MR) is 152 cm³/mol. The minimum atomic E-state index is -1.37. The third-order valence-electron chi connectivity index (χ3n) is 6.83. The maximum absolute atomic E-state index is 15.1. The minimum Gasteiger partial charge on any atom is -0.477 e. The van der Waals surface area contributed by atoms with E-state index in [9.17, 15) is 29.1 Å². The normalized spacial score (nSPS) is 13.1. The van der Waals surface area contributed by atoms with Crippen molar-refractivity contribution in [3.05, 3.63) is 69.8 Å². The van der Waals surface area contributed by atoms with Crippen molar-refractivity contribution in [3.63, 3.8) is 0 Å². The number of benzene rings is 2. The molecular weight excluding hydrogens is 551 g/mol. The highest BCUT2D eigenvalue weighted by Gasteiger charge is 2.25. The molecule has 0 unspecified atom stereocenters. The first-order valence-electron chi connectivity index (χ1n) is 13.2. The molecule has 1 saturated heterocycles. The second-order valence-corrected chi connectivity index (χ2v) is 9.54. The molecule has 0 spiro atoms. The number of pyridine rings is 1. The van der Waals surface area contributed by atoms with Crippen LogP contribution in [0.5, 0.6) is 0 Å². The molecule has 1 fully saturated rings. The number of hydrogen-bond donors (Lipinski definition) is 4. The van der Waals surface area contributed by atoms with Crippen LogP contribution in [0.15, 0.2) is 47.4 Å². The van der Waals surface area contributed by atoms with Gasteiger partial charge in [-0.25, -0.2) is 14.0 Å². The van der Waals surface area contributed by atoms with Crippen LogP contribution in [0, 0.1) is 5.82 Å². The van der Waals surface area contributed by atoms with E-state index < -0.39 is 40.7 Å². The third kappa shape index (κ3) is 6.83. The number of aromatic carboxylic acids is 1. The van der Waals surface area contributed by atoms with Crippen LogP contribution in [0.3, 0.4) is 0 Å². The summed E-state index contributed by atoms with van der Waals surface area (Å²) in [4.78, 5) is 63.0. The van der Waals surface area contributed by atoms with Crippen molar-refractivity contribution in [1.29, 1.82) is 0 Å². The van der Waals surface area contributed by atoms with E-state index in [0.29, 0.717) is 36.4 Å². The number of aromatic nitrogens is 1. The number of rotatable bonds is 9. The Morgan fingerprint density at radius 2 is 1.74 bits per heavy atom. The molecule has 5 N–H and O–H groups in total. The molecule has 2 heterocycles. The van der Waals surface area contributed by atoms with Crippen molar-refractivity contribution in [2.24, 2.45) is 5.73 Å². The zero-order chi connectivity index (χ0) is 30.4. The number of carbonyl (C=O) groups excluding carboxylic acids is 3. The summed E-state index contributed by atoms with van der Waals surface area (Å²) in [6.45, 7) is 2.97. The number of aryl methyl sites for hydroxylation is 1. The highest BCUT2D eigenvalue weighted by molar-refractivity contribution is 5.95. The van der Waals surface area contributed by atoms with Gasteiger partial charge >= 0.3 is 12.1 Å². The predicted octanol–water partition coefficient (Wildman–Crippen LogP) is 1.33. The quantitative estimate of drug-likeness (QED) is 0.290. The van der Waals surface area contributed by atoms with Crippen molar-refractivity contribution in [1.82, 2.24) is 14.8 Å². The molecule has 2 aromatic carbocycles. The topological polar surface area (TPSA) is 176 Å². The van der Waals surface area contributed by atoms with Gasteiger partial charge in [-0.2, -0.15) is 0 Å². The van der Waals surface area contributed by atoms with E-state index in [2.05, 4.69) is 10.6 Å². The number of nitrogens with zero attached hydrogens (tertiary/aromatic N) is 3. The number of amides is 3. The van der Waals surface area contributed by atoms with Crippen LogP contribution >= 0.6 is 0 Å². The Morgan fingerprint density at radius 3 is 2.36 bits per heavy atom. The second kappa shape index (κ2) is 13.1. The van der Waals surface area contributed by atoms with Crippen LogP contribution in [0.4, 0.5) is 20.6 Å². The molecule has 0 bridgehead atoms. The van der Waals surface area contributed by atoms with Gasteiger partial charge in [0.1, 0.15) is 18.0 Å². The number of ether oxygens (including phenoxy) is 1. The number of anilines is 2. The van der Waals surface area contributed by atoms with Crippen molar-refractivity contribution < 1.29 is 33.4 Å². The molecule has 14 heteroatoms. The Kier molecular flexibility index (Phi) is 9.37. The minimum absolute atomic E-state index is 0.00596. The highest BCUT2D eigenvalue weighted by Crippen LogP contribution is 2.26. The van der Waals surface area contributed by atoms with Crippen LogP contribution in [0.2, 0.25) is 0 Å². The van der Waals surface area contributed by atoms with Gasteiger partial charge in [-0.05, 0) is 36.8 Å². The van der Waals surface area contributed by atoms with Crippen LogP contribution in [0.1, 0.15) is 22.8 Å². The number of nitrogens with two attached hydrogens (primary N) is 1. The maximum atomic E-state index is 15.1. The van der Waals surface area contributed by atoms with Crippen molar-refractivity contribution in [2.75, 3.05) is 49.5 Å². The average Bonchev–Trinajstić information content (AvgIpc) is 2.99. The van der Waals surface area contributed by atoms with E-state index in [1.54, 1.807) is 40.7 Å². The van der Waals surface area contributed by atoms with Crippen LogP contribution in [-0.2, 0) is 27.5 Å². The number of nitrogens with one attached hydrogen (secondary N) is 2. The Morgan fingerprint density at radius 1 is 1.05 bits per heavy atom. The molecule has 1 aromatic heterocycles. The first kappa shape index (κ1) is 30.0. The van der Waals surface area contributed by atoms with E-state index in [1.807, 2.05) is 0 Å². The Labute approximate surface area is 239 Å². The van der Waals surface area contributed by atoms with E-state index in [4.69, 9.17) is 10.5 Å². The molecule has 3 amide bonds. The molecule has 1 aliphatic rings. The molecule has 13 nitrogen and oxygen atoms in total. The molecule has 1 aliphatic heterocycles. The lowest BCUT2D eigenvalue weighted by Crippen LogP contribution is -2.49. The number of halogens is 1. The SMILES string of the molecule is CCn1cc(C(=O)O)c(=O)c2cc(F)c(N3CCN(C(=O)OCc4ccc(NC(=O)CNC(=O)CN)cc4)CC3)cc21. The van der Waals surface area contributed by atoms with E-state index in [1.165, 1.54) is 17.2 Å². The summed E-state index contributed by atoms with van der Waals surface area (Å²) in [5, 5.41) is 14.3. The highest BCUT2D eigenvalue weighted by atomic mass is 19.1. The second-order valence-electron chi connectivity index (χ2n) is 9.54. The largest absolute Gasteiger partial charge is 0.477 e. The lowest BCUT2D eigenvalue weighted by molar-refractivity contribution is -0.123. The van der Waals surface area contributed by atoms with Gasteiger partial charge in [0, 0.05) is 50.0 Å². The van der Waals surface area contributed by atoms with Gasteiger partial charge in [0.25, 0.3) is 0 Å². The van der Waals surface area contributed by atoms with Gasteiger partial charge in [0.05, 0.1) is 24.3 Å². The van der Waals surface area contributed by atoms with E-state index >= 15 is 4.39 Å². The maximum Gasteiger partial charge on any atom is 0.410 e. The van der Waals surface area contributed by atoms with Gasteiger partial charge in [-0.1, -0.05) is 12.1 Å². The molecule has 222 valence electrons. The molecular formula is C28H31FN6O7. The van der Waals surface area contributed by atoms with Crippen LogP contribution < -0.4 is 26.7 Å². The number of piperazine rings is 1. The lowest BCUT2D eigenvalue weighted by atomic mass is 10.1. The number of carboxylic acids is 1. The van der Waals surface area contributed by atoms with Gasteiger partial charge in [0.2, 0.25) is 17.2 Å². The van der Waals surface area contributed by atoms with Gasteiger partial charge in [0.15, 0.2) is 0 Å². The first-order valence-corrected chi connectivity index (χ1v) is 13.2. The first-order chi connectivity index (χ1) is 20.1. The Balaban J connectivity index is 1.32. The van der Waals surface area contributed by atoms with Gasteiger partial charge in [-0.3, -0.25) is 14.4 Å². The summed E-state index contributed by atoms with van der Waals surface area (Å²) < 4.78 is 22.1. The molecule has 4 rings (SSSR count). The Bertz CT molecular complexity index is 1570. The fraction of sp³-hybridized carbons (Fsp3) is 0.321. The average molecular weight is 583 g/mol. The number of carboxylic acid groups (broad SMARTS) is 1. The molecule has 0 aliphatic carbocycles. The standard InChI is InChI=1S/C28H31FN6O7/c1-2-33-15-20(27(39)40)26(38)19-11-21(29)23(12-22(19)33)34-7-9-35(10-8-34)28(41)42-16-17-3-5-18(6-4-17)32-25(37)14-31-24(36)13-30/h3-6,11-12,15H,2,7-10,13-14,16,30H2,1H3,(H,31,36)(H,32,37)(H,39,40).